The Labute approximate surface area is 252 Å². The Morgan fingerprint density at radius 2 is 1.33 bits per heavy atom. The number of carbonyl (C=O) groups excluding carboxylic acids is 3. The lowest BCUT2D eigenvalue weighted by atomic mass is 9.90. The molecule has 11 nitrogen and oxygen atoms in total. The van der Waals surface area contributed by atoms with E-state index < -0.39 is 18.0 Å². The van der Waals surface area contributed by atoms with E-state index in [1.807, 2.05) is 84.9 Å². The molecule has 43 heavy (non-hydrogen) atoms. The fourth-order valence-corrected chi connectivity index (χ4v) is 4.33. The number of nitrogens with one attached hydrogen (secondary N) is 5. The maximum Gasteiger partial charge on any atom is 0.321 e. The first kappa shape index (κ1) is 32.2. The molecule has 4 amide bonds. The SMILES string of the molecule is C=C(N)NCc1ccc(CNC(=O)C(CCCN=C(N)NC(=O)NC)NC(=O)C(c2ccccc2)c2ccccc2)cc1. The Balaban J connectivity index is 1.72. The van der Waals surface area contributed by atoms with Gasteiger partial charge in [-0.1, -0.05) is 91.5 Å². The lowest BCUT2D eigenvalue weighted by Gasteiger charge is -2.23. The summed E-state index contributed by atoms with van der Waals surface area (Å²) in [6.07, 6.45) is 0.738. The van der Waals surface area contributed by atoms with Crippen molar-refractivity contribution >= 4 is 23.8 Å². The molecule has 1 unspecified atom stereocenters. The van der Waals surface area contributed by atoms with Gasteiger partial charge in [0.15, 0.2) is 5.96 Å². The van der Waals surface area contributed by atoms with Crippen molar-refractivity contribution in [2.45, 2.75) is 37.9 Å². The second kappa shape index (κ2) is 16.8. The van der Waals surface area contributed by atoms with Gasteiger partial charge in [-0.15, -0.1) is 0 Å². The van der Waals surface area contributed by atoms with Crippen LogP contribution in [0.5, 0.6) is 0 Å². The van der Waals surface area contributed by atoms with Crippen molar-refractivity contribution in [3.05, 3.63) is 120 Å². The highest BCUT2D eigenvalue weighted by molar-refractivity contribution is 5.95. The number of guanidine groups is 1. The van der Waals surface area contributed by atoms with Gasteiger partial charge in [-0.25, -0.2) is 4.79 Å². The zero-order chi connectivity index (χ0) is 31.0. The molecule has 3 rings (SSSR count). The second-order valence-electron chi connectivity index (χ2n) is 9.84. The molecule has 0 saturated carbocycles. The average molecular weight is 585 g/mol. The van der Waals surface area contributed by atoms with Gasteiger partial charge in [-0.3, -0.25) is 19.9 Å². The normalized spacial score (nSPS) is 11.7. The molecule has 226 valence electrons. The maximum absolute atomic E-state index is 13.8. The molecule has 9 N–H and O–H groups in total. The van der Waals surface area contributed by atoms with Crippen LogP contribution in [0.25, 0.3) is 0 Å². The van der Waals surface area contributed by atoms with Gasteiger partial charge in [0.05, 0.1) is 11.7 Å². The van der Waals surface area contributed by atoms with E-state index >= 15 is 0 Å². The molecule has 0 aliphatic rings. The molecule has 0 heterocycles. The summed E-state index contributed by atoms with van der Waals surface area (Å²) in [4.78, 5) is 42.8. The molecular formula is C32H40N8O3. The number of aliphatic imine (C=N–C) groups is 1. The van der Waals surface area contributed by atoms with Crippen molar-refractivity contribution in [3.8, 4) is 0 Å². The summed E-state index contributed by atoms with van der Waals surface area (Å²) in [5.74, 6) is -0.859. The largest absolute Gasteiger partial charge is 0.386 e. The smallest absolute Gasteiger partial charge is 0.321 e. The fourth-order valence-electron chi connectivity index (χ4n) is 4.33. The Morgan fingerprint density at radius 1 is 0.791 bits per heavy atom. The maximum atomic E-state index is 13.8. The Bertz CT molecular complexity index is 1340. The van der Waals surface area contributed by atoms with Crippen LogP contribution in [0.3, 0.4) is 0 Å². The Hall–Kier alpha value is -5.32. The summed E-state index contributed by atoms with van der Waals surface area (Å²) in [6, 6.07) is 25.3. The van der Waals surface area contributed by atoms with Crippen molar-refractivity contribution in [3.63, 3.8) is 0 Å². The molecule has 0 aliphatic carbocycles. The topological polar surface area (TPSA) is 176 Å². The number of urea groups is 1. The van der Waals surface area contributed by atoms with E-state index in [-0.39, 0.29) is 30.9 Å². The molecule has 11 heteroatoms. The molecule has 0 radical (unpaired) electrons. The van der Waals surface area contributed by atoms with Gasteiger partial charge in [0, 0.05) is 26.7 Å². The number of benzene rings is 3. The van der Waals surface area contributed by atoms with Crippen molar-refractivity contribution in [2.24, 2.45) is 16.5 Å². The Morgan fingerprint density at radius 3 is 1.84 bits per heavy atom. The van der Waals surface area contributed by atoms with Crippen LogP contribution in [-0.4, -0.2) is 43.4 Å². The van der Waals surface area contributed by atoms with Crippen molar-refractivity contribution in [1.82, 2.24) is 26.6 Å². The molecule has 3 aromatic rings. The van der Waals surface area contributed by atoms with E-state index in [1.165, 1.54) is 7.05 Å². The van der Waals surface area contributed by atoms with Crippen LogP contribution in [-0.2, 0) is 22.7 Å². The molecule has 0 spiro atoms. The van der Waals surface area contributed by atoms with Crippen LogP contribution in [0, 0.1) is 0 Å². The van der Waals surface area contributed by atoms with Crippen molar-refractivity contribution in [2.75, 3.05) is 13.6 Å². The third kappa shape index (κ3) is 10.9. The number of nitrogens with two attached hydrogens (primary N) is 2. The zero-order valence-electron chi connectivity index (χ0n) is 24.3. The van der Waals surface area contributed by atoms with Crippen LogP contribution < -0.4 is 38.1 Å². The molecule has 0 aromatic heterocycles. The van der Waals surface area contributed by atoms with Gasteiger partial charge in [0.2, 0.25) is 11.8 Å². The lowest BCUT2D eigenvalue weighted by molar-refractivity contribution is -0.129. The first-order valence-corrected chi connectivity index (χ1v) is 14.0. The molecule has 1 atom stereocenters. The minimum atomic E-state index is -0.829. The Kier molecular flexibility index (Phi) is 12.6. The fraction of sp³-hybridized carbons (Fsp3) is 0.250. The van der Waals surface area contributed by atoms with Gasteiger partial charge in [-0.05, 0) is 35.1 Å². The van der Waals surface area contributed by atoms with Crippen LogP contribution in [0.4, 0.5) is 4.79 Å². The molecule has 0 bridgehead atoms. The third-order valence-electron chi connectivity index (χ3n) is 6.57. The van der Waals surface area contributed by atoms with Gasteiger partial charge < -0.3 is 32.7 Å². The second-order valence-corrected chi connectivity index (χ2v) is 9.84. The van der Waals surface area contributed by atoms with Crippen LogP contribution in [0.2, 0.25) is 0 Å². The van der Waals surface area contributed by atoms with Crippen LogP contribution >= 0.6 is 0 Å². The van der Waals surface area contributed by atoms with Crippen LogP contribution in [0.15, 0.2) is 102 Å². The van der Waals surface area contributed by atoms with Crippen LogP contribution in [0.1, 0.15) is 41.0 Å². The van der Waals surface area contributed by atoms with E-state index in [0.717, 1.165) is 22.3 Å². The number of hydrogen-bond donors (Lipinski definition) is 7. The lowest BCUT2D eigenvalue weighted by Crippen LogP contribution is -2.48. The van der Waals surface area contributed by atoms with E-state index in [0.29, 0.717) is 25.2 Å². The average Bonchev–Trinajstić information content (AvgIpc) is 3.01. The first-order chi connectivity index (χ1) is 20.8. The van der Waals surface area contributed by atoms with Crippen molar-refractivity contribution < 1.29 is 14.4 Å². The number of hydrogen-bond acceptors (Lipinski definition) is 6. The summed E-state index contributed by atoms with van der Waals surface area (Å²) in [5, 5.41) is 13.7. The summed E-state index contributed by atoms with van der Waals surface area (Å²) < 4.78 is 0. The van der Waals surface area contributed by atoms with Crippen molar-refractivity contribution in [1.29, 1.82) is 0 Å². The predicted octanol–water partition coefficient (Wildman–Crippen LogP) is 2.16. The molecule has 0 fully saturated rings. The third-order valence-corrected chi connectivity index (χ3v) is 6.57. The quantitative estimate of drug-likeness (QED) is 0.0868. The van der Waals surface area contributed by atoms with E-state index in [4.69, 9.17) is 11.5 Å². The highest BCUT2D eigenvalue weighted by Crippen LogP contribution is 2.25. The molecular weight excluding hydrogens is 544 g/mol. The minimum absolute atomic E-state index is 0.0352. The molecule has 0 aliphatic heterocycles. The van der Waals surface area contributed by atoms with E-state index in [1.54, 1.807) is 0 Å². The summed E-state index contributed by atoms with van der Waals surface area (Å²) in [7, 11) is 1.47. The van der Waals surface area contributed by atoms with E-state index in [9.17, 15) is 14.4 Å². The molecule has 3 aromatic carbocycles. The monoisotopic (exact) mass is 584 g/mol. The van der Waals surface area contributed by atoms with Gasteiger partial charge in [-0.2, -0.15) is 0 Å². The minimum Gasteiger partial charge on any atom is -0.386 e. The van der Waals surface area contributed by atoms with Gasteiger partial charge in [0.25, 0.3) is 0 Å². The first-order valence-electron chi connectivity index (χ1n) is 14.0. The standard InChI is InChI=1S/C32H40N8O3/c1-22(33)37-20-23-15-17-24(18-16-23)21-38-29(41)27(14-9-19-36-31(34)40-32(43)35-2)39-30(42)28(25-10-5-3-6-11-25)26-12-7-4-8-13-26/h3-8,10-13,15-18,27-28,37H,1,9,14,19-21,33H2,2H3,(H,38,41)(H,39,42)(H4,34,35,36,40,43). The van der Waals surface area contributed by atoms with Gasteiger partial charge >= 0.3 is 6.03 Å². The highest BCUT2D eigenvalue weighted by atomic mass is 16.2. The number of nitrogens with zero attached hydrogens (tertiary/aromatic N) is 1. The van der Waals surface area contributed by atoms with E-state index in [2.05, 4.69) is 38.2 Å². The number of rotatable bonds is 14. The summed E-state index contributed by atoms with van der Waals surface area (Å²) in [6.45, 7) is 4.71. The zero-order valence-corrected chi connectivity index (χ0v) is 24.3. The van der Waals surface area contributed by atoms with Gasteiger partial charge in [0.1, 0.15) is 6.04 Å². The summed E-state index contributed by atoms with van der Waals surface area (Å²) >= 11 is 0. The highest BCUT2D eigenvalue weighted by Gasteiger charge is 2.27. The number of carbonyl (C=O) groups is 3. The summed E-state index contributed by atoms with van der Waals surface area (Å²) in [5.41, 5.74) is 14.9. The number of amides is 4. The predicted molar refractivity (Wildman–Crippen MR) is 168 cm³/mol. The molecule has 0 saturated heterocycles.